The molecule has 202 valence electrons. The summed E-state index contributed by atoms with van der Waals surface area (Å²) in [6, 6.07) is 6.44. The van der Waals surface area contributed by atoms with Crippen LogP contribution in [0.25, 0.3) is 10.9 Å². The number of aromatic nitrogens is 2. The maximum absolute atomic E-state index is 13.2. The first-order valence-electron chi connectivity index (χ1n) is 12.7. The minimum Gasteiger partial charge on any atom is -0.466 e. The van der Waals surface area contributed by atoms with E-state index >= 15 is 0 Å². The van der Waals surface area contributed by atoms with E-state index in [9.17, 15) is 14.4 Å². The molecule has 1 fully saturated rings. The number of thiazole rings is 1. The van der Waals surface area contributed by atoms with E-state index in [0.717, 1.165) is 41.0 Å². The molecule has 0 unspecified atom stereocenters. The highest BCUT2D eigenvalue weighted by Crippen LogP contribution is 2.25. The average molecular weight is 559 g/mol. The SMILES string of the molecule is CCOC(=O)CCN1C[C@@H](NC(=O)c2cc3cc(Cl)ccc3[nH]2)[C@H](NC(=O)c2nc3c(s2)CN(C)CC3)C1. The van der Waals surface area contributed by atoms with Crippen molar-refractivity contribution in [1.29, 1.82) is 0 Å². The van der Waals surface area contributed by atoms with Crippen molar-refractivity contribution in [2.45, 2.75) is 38.4 Å². The van der Waals surface area contributed by atoms with Crippen molar-refractivity contribution in [3.05, 3.63) is 50.6 Å². The van der Waals surface area contributed by atoms with Crippen molar-refractivity contribution in [3.63, 3.8) is 0 Å². The summed E-state index contributed by atoms with van der Waals surface area (Å²) in [5.74, 6) is -0.791. The Kier molecular flexibility index (Phi) is 7.98. The van der Waals surface area contributed by atoms with Gasteiger partial charge in [0.2, 0.25) is 0 Å². The summed E-state index contributed by atoms with van der Waals surface area (Å²) >= 11 is 7.52. The summed E-state index contributed by atoms with van der Waals surface area (Å²) in [7, 11) is 2.06. The Morgan fingerprint density at radius 2 is 1.95 bits per heavy atom. The second-order valence-corrected chi connectivity index (χ2v) is 11.3. The molecular weight excluding hydrogens is 528 g/mol. The summed E-state index contributed by atoms with van der Waals surface area (Å²) in [5.41, 5.74) is 2.21. The molecule has 0 saturated carbocycles. The molecule has 2 aromatic heterocycles. The first kappa shape index (κ1) is 26.6. The number of carbonyl (C=O) groups excluding carboxylic acids is 3. The number of benzene rings is 1. The fraction of sp³-hybridized carbons (Fsp3) is 0.462. The lowest BCUT2D eigenvalue weighted by molar-refractivity contribution is -0.143. The smallest absolute Gasteiger partial charge is 0.307 e. The maximum Gasteiger partial charge on any atom is 0.307 e. The van der Waals surface area contributed by atoms with E-state index in [0.29, 0.717) is 42.0 Å². The second kappa shape index (κ2) is 11.4. The molecule has 2 aliphatic heterocycles. The summed E-state index contributed by atoms with van der Waals surface area (Å²) in [4.78, 5) is 51.4. The lowest BCUT2D eigenvalue weighted by Gasteiger charge is -2.20. The number of H-pyrrole nitrogens is 1. The van der Waals surface area contributed by atoms with E-state index in [2.05, 4.69) is 37.4 Å². The quantitative estimate of drug-likeness (QED) is 0.363. The molecule has 1 saturated heterocycles. The van der Waals surface area contributed by atoms with Gasteiger partial charge in [0.1, 0.15) is 5.69 Å². The first-order valence-corrected chi connectivity index (χ1v) is 13.9. The van der Waals surface area contributed by atoms with Crippen LogP contribution < -0.4 is 10.6 Å². The predicted molar refractivity (Wildman–Crippen MR) is 146 cm³/mol. The summed E-state index contributed by atoms with van der Waals surface area (Å²) < 4.78 is 5.06. The molecule has 4 heterocycles. The predicted octanol–water partition coefficient (Wildman–Crippen LogP) is 2.43. The van der Waals surface area contributed by atoms with Gasteiger partial charge in [0.25, 0.3) is 11.8 Å². The molecule has 3 aromatic rings. The Bertz CT molecular complexity index is 1360. The van der Waals surface area contributed by atoms with Crippen LogP contribution in [0.2, 0.25) is 5.02 Å². The van der Waals surface area contributed by atoms with Gasteiger partial charge in [0, 0.05) is 59.9 Å². The third-order valence-electron chi connectivity index (χ3n) is 6.91. The van der Waals surface area contributed by atoms with Gasteiger partial charge in [-0.3, -0.25) is 19.3 Å². The number of likely N-dealkylation sites (N-methyl/N-ethyl adjacent to an activating group) is 1. The fourth-order valence-corrected chi connectivity index (χ4v) is 6.24. The molecule has 0 aliphatic carbocycles. The second-order valence-electron chi connectivity index (χ2n) is 9.77. The van der Waals surface area contributed by atoms with Crippen molar-refractivity contribution in [3.8, 4) is 0 Å². The van der Waals surface area contributed by atoms with Gasteiger partial charge in [0.05, 0.1) is 30.8 Å². The van der Waals surface area contributed by atoms with E-state index < -0.39 is 0 Å². The van der Waals surface area contributed by atoms with Crippen molar-refractivity contribution in [1.82, 2.24) is 30.4 Å². The van der Waals surface area contributed by atoms with Crippen LogP contribution in [-0.4, -0.2) is 89.5 Å². The number of rotatable bonds is 8. The first-order chi connectivity index (χ1) is 18.3. The minimum absolute atomic E-state index is 0.241. The Morgan fingerprint density at radius 1 is 1.18 bits per heavy atom. The van der Waals surface area contributed by atoms with Gasteiger partial charge in [-0.1, -0.05) is 11.6 Å². The van der Waals surface area contributed by atoms with Crippen LogP contribution in [-0.2, 0) is 22.5 Å². The number of hydrogen-bond acceptors (Lipinski definition) is 8. The molecule has 0 bridgehead atoms. The van der Waals surface area contributed by atoms with Crippen LogP contribution in [0, 0.1) is 0 Å². The molecular formula is C26H31ClN6O4S. The fourth-order valence-electron chi connectivity index (χ4n) is 4.97. The van der Waals surface area contributed by atoms with E-state index in [1.807, 2.05) is 6.07 Å². The lowest BCUT2D eigenvalue weighted by atomic mass is 10.1. The van der Waals surface area contributed by atoms with Crippen molar-refractivity contribution in [2.75, 3.05) is 39.8 Å². The Balaban J connectivity index is 1.29. The number of nitrogens with zero attached hydrogens (tertiary/aromatic N) is 3. The zero-order valence-electron chi connectivity index (χ0n) is 21.4. The molecule has 2 atom stereocenters. The molecule has 2 amide bonds. The third-order valence-corrected chi connectivity index (χ3v) is 8.23. The maximum atomic E-state index is 13.2. The van der Waals surface area contributed by atoms with Gasteiger partial charge >= 0.3 is 5.97 Å². The van der Waals surface area contributed by atoms with Crippen molar-refractivity contribution >= 4 is 51.6 Å². The molecule has 5 rings (SSSR count). The summed E-state index contributed by atoms with van der Waals surface area (Å²) in [5, 5.41) is 8.04. The molecule has 0 spiro atoms. The minimum atomic E-state index is -0.357. The standard InChI is InChI=1S/C26H31ClN6O4S/c1-3-37-23(34)7-9-33-12-20(29-24(35)19-11-15-10-16(27)4-5-17(15)28-19)21(13-33)30-25(36)26-31-18-6-8-32(2)14-22(18)38-26/h4-5,10-11,20-21,28H,3,6-9,12-14H2,1-2H3,(H,29,35)(H,30,36)/t20-,21-/m1/s1. The van der Waals surface area contributed by atoms with Crippen LogP contribution in [0.5, 0.6) is 0 Å². The van der Waals surface area contributed by atoms with Crippen LogP contribution in [0.3, 0.4) is 0 Å². The van der Waals surface area contributed by atoms with Gasteiger partial charge < -0.3 is 25.3 Å². The number of fused-ring (bicyclic) bond motifs is 2. The Morgan fingerprint density at radius 3 is 2.71 bits per heavy atom. The molecule has 1 aromatic carbocycles. The monoisotopic (exact) mass is 558 g/mol. The summed E-state index contributed by atoms with van der Waals surface area (Å²) in [6.07, 6.45) is 1.07. The molecule has 0 radical (unpaired) electrons. The number of aromatic amines is 1. The number of carbonyl (C=O) groups is 3. The highest BCUT2D eigenvalue weighted by atomic mass is 35.5. The zero-order chi connectivity index (χ0) is 26.8. The molecule has 10 nitrogen and oxygen atoms in total. The number of esters is 1. The van der Waals surface area contributed by atoms with E-state index in [-0.39, 0.29) is 36.3 Å². The van der Waals surface area contributed by atoms with Gasteiger partial charge in [-0.15, -0.1) is 11.3 Å². The van der Waals surface area contributed by atoms with E-state index in [1.54, 1.807) is 25.1 Å². The van der Waals surface area contributed by atoms with Crippen LogP contribution in [0.4, 0.5) is 0 Å². The average Bonchev–Trinajstić information content (AvgIpc) is 3.59. The highest BCUT2D eigenvalue weighted by molar-refractivity contribution is 7.13. The highest BCUT2D eigenvalue weighted by Gasteiger charge is 2.36. The van der Waals surface area contributed by atoms with Crippen LogP contribution in [0.1, 0.15) is 44.2 Å². The third kappa shape index (κ3) is 6.01. The number of halogens is 1. The number of likely N-dealkylation sites (tertiary alicyclic amines) is 1. The normalized spacial score (nSPS) is 19.9. The molecule has 3 N–H and O–H groups in total. The lowest BCUT2D eigenvalue weighted by Crippen LogP contribution is -2.51. The van der Waals surface area contributed by atoms with Crippen LogP contribution in [0.15, 0.2) is 24.3 Å². The number of amides is 2. The van der Waals surface area contributed by atoms with E-state index in [4.69, 9.17) is 16.3 Å². The number of ether oxygens (including phenoxy) is 1. The van der Waals surface area contributed by atoms with Crippen molar-refractivity contribution < 1.29 is 19.1 Å². The van der Waals surface area contributed by atoms with Gasteiger partial charge in [0.15, 0.2) is 5.01 Å². The molecule has 2 aliphatic rings. The number of hydrogen-bond donors (Lipinski definition) is 3. The Labute approximate surface area is 229 Å². The van der Waals surface area contributed by atoms with Gasteiger partial charge in [-0.25, -0.2) is 4.98 Å². The van der Waals surface area contributed by atoms with Crippen molar-refractivity contribution in [2.24, 2.45) is 0 Å². The van der Waals surface area contributed by atoms with Crippen LogP contribution >= 0.6 is 22.9 Å². The molecule has 12 heteroatoms. The Hall–Kier alpha value is -2.99. The number of nitrogens with one attached hydrogen (secondary N) is 3. The van der Waals surface area contributed by atoms with Gasteiger partial charge in [-0.05, 0) is 38.2 Å². The summed E-state index contributed by atoms with van der Waals surface area (Å²) in [6.45, 7) is 5.27. The van der Waals surface area contributed by atoms with Gasteiger partial charge in [-0.2, -0.15) is 0 Å². The van der Waals surface area contributed by atoms with E-state index in [1.165, 1.54) is 11.3 Å². The topological polar surface area (TPSA) is 120 Å². The zero-order valence-corrected chi connectivity index (χ0v) is 23.0. The molecule has 38 heavy (non-hydrogen) atoms. The largest absolute Gasteiger partial charge is 0.466 e.